The minimum Gasteiger partial charge on any atom is -0.384 e. The van der Waals surface area contributed by atoms with Gasteiger partial charge in [-0.2, -0.15) is 13.2 Å². The molecule has 3 aromatic rings. The van der Waals surface area contributed by atoms with Crippen LogP contribution in [0.4, 0.5) is 13.2 Å². The lowest BCUT2D eigenvalue weighted by molar-refractivity contribution is -0.137. The zero-order valence-corrected chi connectivity index (χ0v) is 15.0. The standard InChI is InChI=1S/C18H13F3N4O2S/c19-18(20,21)14-7-5-13(6-8-14)17(26)27-24-16(22)9-11-1-3-12(4-2-11)15-10-28-25-23-15/h1-8,10H,9H2,(H2,22,24). The van der Waals surface area contributed by atoms with Crippen molar-refractivity contribution in [3.63, 3.8) is 0 Å². The van der Waals surface area contributed by atoms with Gasteiger partial charge in [0.15, 0.2) is 0 Å². The Labute approximate surface area is 161 Å². The van der Waals surface area contributed by atoms with Gasteiger partial charge in [0.25, 0.3) is 0 Å². The first-order valence-corrected chi connectivity index (χ1v) is 8.74. The summed E-state index contributed by atoms with van der Waals surface area (Å²) in [5, 5.41) is 9.34. The van der Waals surface area contributed by atoms with Crippen LogP contribution in [0.2, 0.25) is 0 Å². The molecule has 0 unspecified atom stereocenters. The molecule has 0 aliphatic carbocycles. The van der Waals surface area contributed by atoms with Gasteiger partial charge in [-0.25, -0.2) is 4.79 Å². The molecule has 0 aliphatic heterocycles. The van der Waals surface area contributed by atoms with Crippen molar-refractivity contribution < 1.29 is 22.8 Å². The van der Waals surface area contributed by atoms with Gasteiger partial charge in [-0.3, -0.25) is 0 Å². The quantitative estimate of drug-likeness (QED) is 0.300. The number of nitrogens with zero attached hydrogens (tertiary/aromatic N) is 3. The summed E-state index contributed by atoms with van der Waals surface area (Å²) in [5.41, 5.74) is 7.33. The summed E-state index contributed by atoms with van der Waals surface area (Å²) in [4.78, 5) is 16.6. The van der Waals surface area contributed by atoms with E-state index >= 15 is 0 Å². The van der Waals surface area contributed by atoms with Crippen molar-refractivity contribution in [1.82, 2.24) is 9.59 Å². The maximum absolute atomic E-state index is 12.5. The number of carbonyl (C=O) groups excluding carboxylic acids is 1. The summed E-state index contributed by atoms with van der Waals surface area (Å²) in [6, 6.07) is 11.0. The number of alkyl halides is 3. The Bertz CT molecular complexity index is 970. The van der Waals surface area contributed by atoms with Crippen molar-refractivity contribution in [3.05, 3.63) is 70.6 Å². The van der Waals surface area contributed by atoms with E-state index in [0.717, 1.165) is 41.1 Å². The highest BCUT2D eigenvalue weighted by atomic mass is 32.1. The molecule has 1 heterocycles. The normalized spacial score (nSPS) is 12.0. The maximum Gasteiger partial charge on any atom is 0.416 e. The fraction of sp³-hybridized carbons (Fsp3) is 0.111. The first-order chi connectivity index (χ1) is 13.3. The highest BCUT2D eigenvalue weighted by Crippen LogP contribution is 2.29. The van der Waals surface area contributed by atoms with Crippen molar-refractivity contribution in [2.75, 3.05) is 0 Å². The van der Waals surface area contributed by atoms with Crippen LogP contribution in [0.25, 0.3) is 11.3 Å². The number of benzene rings is 2. The Morgan fingerprint density at radius 2 is 1.79 bits per heavy atom. The van der Waals surface area contributed by atoms with E-state index in [1.165, 1.54) is 11.5 Å². The molecule has 0 atom stereocenters. The molecular weight excluding hydrogens is 393 g/mol. The highest BCUT2D eigenvalue weighted by molar-refractivity contribution is 7.03. The van der Waals surface area contributed by atoms with Crippen LogP contribution in [-0.4, -0.2) is 21.4 Å². The molecule has 3 rings (SSSR count). The fourth-order valence-corrected chi connectivity index (χ4v) is 2.74. The molecule has 0 spiro atoms. The van der Waals surface area contributed by atoms with Gasteiger partial charge >= 0.3 is 12.1 Å². The number of amidine groups is 1. The topological polar surface area (TPSA) is 90.5 Å². The Hall–Kier alpha value is -3.27. The minimum absolute atomic E-state index is 0.0448. The van der Waals surface area contributed by atoms with E-state index in [2.05, 4.69) is 14.7 Å². The van der Waals surface area contributed by atoms with E-state index in [-0.39, 0.29) is 17.8 Å². The predicted octanol–water partition coefficient (Wildman–Crippen LogP) is 3.90. The summed E-state index contributed by atoms with van der Waals surface area (Å²) >= 11 is 1.25. The number of hydrogen-bond donors (Lipinski definition) is 1. The number of halogens is 3. The Morgan fingerprint density at radius 3 is 2.36 bits per heavy atom. The largest absolute Gasteiger partial charge is 0.416 e. The molecule has 2 N–H and O–H groups in total. The lowest BCUT2D eigenvalue weighted by Gasteiger charge is -2.06. The van der Waals surface area contributed by atoms with Gasteiger partial charge in [0.1, 0.15) is 11.5 Å². The Balaban J connectivity index is 1.58. The zero-order valence-electron chi connectivity index (χ0n) is 14.2. The Kier molecular flexibility index (Phi) is 5.69. The third kappa shape index (κ3) is 4.92. The first-order valence-electron chi connectivity index (χ1n) is 7.90. The molecule has 0 saturated heterocycles. The highest BCUT2D eigenvalue weighted by Gasteiger charge is 2.30. The maximum atomic E-state index is 12.5. The third-order valence-electron chi connectivity index (χ3n) is 3.69. The average molecular weight is 406 g/mol. The third-order valence-corrected chi connectivity index (χ3v) is 4.19. The van der Waals surface area contributed by atoms with Gasteiger partial charge in [0, 0.05) is 17.4 Å². The van der Waals surface area contributed by atoms with Crippen molar-refractivity contribution in [3.8, 4) is 11.3 Å². The summed E-state index contributed by atoms with van der Waals surface area (Å²) in [6.07, 6.45) is -4.24. The molecule has 1 aromatic heterocycles. The molecule has 0 amide bonds. The second-order valence-corrected chi connectivity index (χ2v) is 6.31. The van der Waals surface area contributed by atoms with Crippen molar-refractivity contribution in [2.24, 2.45) is 10.9 Å². The van der Waals surface area contributed by atoms with Gasteiger partial charge in [-0.05, 0) is 41.4 Å². The smallest absolute Gasteiger partial charge is 0.384 e. The number of aromatic nitrogens is 2. The van der Waals surface area contributed by atoms with Crippen LogP contribution in [0.1, 0.15) is 21.5 Å². The lowest BCUT2D eigenvalue weighted by Crippen LogP contribution is -2.16. The second-order valence-electron chi connectivity index (χ2n) is 5.70. The lowest BCUT2D eigenvalue weighted by atomic mass is 10.1. The van der Waals surface area contributed by atoms with Crippen LogP contribution in [0.3, 0.4) is 0 Å². The Morgan fingerprint density at radius 1 is 1.11 bits per heavy atom. The van der Waals surface area contributed by atoms with Crippen LogP contribution in [0.15, 0.2) is 59.1 Å². The average Bonchev–Trinajstić information content (AvgIpc) is 3.21. The molecule has 2 aromatic carbocycles. The number of rotatable bonds is 5. The molecule has 28 heavy (non-hydrogen) atoms. The monoisotopic (exact) mass is 406 g/mol. The predicted molar refractivity (Wildman–Crippen MR) is 97.5 cm³/mol. The summed E-state index contributed by atoms with van der Waals surface area (Å²) in [7, 11) is 0. The molecule has 0 radical (unpaired) electrons. The van der Waals surface area contributed by atoms with Gasteiger partial charge in [-0.1, -0.05) is 33.9 Å². The van der Waals surface area contributed by atoms with Crippen LogP contribution in [0.5, 0.6) is 0 Å². The molecule has 10 heteroatoms. The SMILES string of the molecule is NC(Cc1ccc(-c2csnn2)cc1)=NOC(=O)c1ccc(C(F)(F)F)cc1. The molecule has 0 fully saturated rings. The minimum atomic E-state index is -4.48. The van der Waals surface area contributed by atoms with E-state index in [9.17, 15) is 18.0 Å². The summed E-state index contributed by atoms with van der Waals surface area (Å²) in [5.74, 6) is -0.855. The van der Waals surface area contributed by atoms with Crippen molar-refractivity contribution in [1.29, 1.82) is 0 Å². The van der Waals surface area contributed by atoms with Gasteiger partial charge in [-0.15, -0.1) is 5.10 Å². The van der Waals surface area contributed by atoms with Crippen LogP contribution in [-0.2, 0) is 17.4 Å². The van der Waals surface area contributed by atoms with Crippen LogP contribution >= 0.6 is 11.5 Å². The number of hydrogen-bond acceptors (Lipinski definition) is 6. The van der Waals surface area contributed by atoms with E-state index in [1.807, 2.05) is 29.6 Å². The molecule has 0 aliphatic rings. The number of carbonyl (C=O) groups is 1. The van der Waals surface area contributed by atoms with Crippen LogP contribution < -0.4 is 5.73 Å². The van der Waals surface area contributed by atoms with E-state index in [4.69, 9.17) is 10.6 Å². The van der Waals surface area contributed by atoms with E-state index in [1.54, 1.807) is 0 Å². The summed E-state index contributed by atoms with van der Waals surface area (Å²) in [6.45, 7) is 0. The molecule has 0 saturated carbocycles. The number of nitrogens with two attached hydrogens (primary N) is 1. The molecule has 144 valence electrons. The molecule has 6 nitrogen and oxygen atoms in total. The van der Waals surface area contributed by atoms with Crippen molar-refractivity contribution in [2.45, 2.75) is 12.6 Å². The molecule has 0 bridgehead atoms. The zero-order chi connectivity index (χ0) is 20.1. The van der Waals surface area contributed by atoms with Crippen molar-refractivity contribution >= 4 is 23.3 Å². The fourth-order valence-electron chi connectivity index (χ4n) is 2.27. The van der Waals surface area contributed by atoms with Crippen LogP contribution in [0, 0.1) is 0 Å². The summed E-state index contributed by atoms with van der Waals surface area (Å²) < 4.78 is 41.4. The van der Waals surface area contributed by atoms with E-state index < -0.39 is 17.7 Å². The number of oxime groups is 1. The van der Waals surface area contributed by atoms with E-state index in [0.29, 0.717) is 0 Å². The molecular formula is C18H13F3N4O2S. The van der Waals surface area contributed by atoms with Gasteiger partial charge in [0.2, 0.25) is 0 Å². The second kappa shape index (κ2) is 8.17. The van der Waals surface area contributed by atoms with Gasteiger partial charge in [0.05, 0.1) is 11.1 Å². The first kappa shape index (κ1) is 19.5. The van der Waals surface area contributed by atoms with Gasteiger partial charge < -0.3 is 10.6 Å².